The monoisotopic (exact) mass is 485 g/mol. The van der Waals surface area contributed by atoms with Gasteiger partial charge in [0.2, 0.25) is 0 Å². The van der Waals surface area contributed by atoms with Gasteiger partial charge >= 0.3 is 0 Å². The summed E-state index contributed by atoms with van der Waals surface area (Å²) in [6.07, 6.45) is 0. The molecule has 1 fully saturated rings. The lowest BCUT2D eigenvalue weighted by Gasteiger charge is -2.30. The van der Waals surface area contributed by atoms with Crippen LogP contribution in [0.2, 0.25) is 5.02 Å². The largest absolute Gasteiger partial charge is 0.492 e. The van der Waals surface area contributed by atoms with Crippen LogP contribution in [0.25, 0.3) is 0 Å². The van der Waals surface area contributed by atoms with Gasteiger partial charge in [-0.05, 0) is 61.9 Å². The quantitative estimate of drug-likeness (QED) is 0.496. The first kappa shape index (κ1) is 24.5. The molecule has 0 bridgehead atoms. The van der Waals surface area contributed by atoms with E-state index in [0.717, 1.165) is 29.2 Å². The summed E-state index contributed by atoms with van der Waals surface area (Å²) in [4.78, 5) is 2.19. The Bertz CT molecular complexity index is 1070. The first-order valence-electron chi connectivity index (χ1n) is 11.5. The third-order valence-electron chi connectivity index (χ3n) is 5.74. The zero-order chi connectivity index (χ0) is 24.0. The van der Waals surface area contributed by atoms with Crippen molar-refractivity contribution in [1.82, 2.24) is 14.7 Å². The van der Waals surface area contributed by atoms with Gasteiger partial charge in [-0.2, -0.15) is 5.10 Å². The van der Waals surface area contributed by atoms with Gasteiger partial charge in [0.05, 0.1) is 25.5 Å². The van der Waals surface area contributed by atoms with E-state index in [2.05, 4.69) is 28.2 Å². The average Bonchev–Trinajstić information content (AvgIpc) is 3.01. The van der Waals surface area contributed by atoms with Gasteiger partial charge in [-0.3, -0.25) is 9.58 Å². The fourth-order valence-electron chi connectivity index (χ4n) is 4.11. The minimum absolute atomic E-state index is 0.139. The van der Waals surface area contributed by atoms with Crippen molar-refractivity contribution < 1.29 is 19.3 Å². The van der Waals surface area contributed by atoms with Crippen LogP contribution in [-0.2, 0) is 17.8 Å². The Hall–Kier alpha value is -2.58. The van der Waals surface area contributed by atoms with E-state index in [0.29, 0.717) is 43.6 Å². The smallest absolute Gasteiger partial charge is 0.134 e. The number of hydrogen-bond donors (Lipinski definition) is 1. The molecule has 1 unspecified atom stereocenters. The number of rotatable bonds is 9. The van der Waals surface area contributed by atoms with Gasteiger partial charge in [0.25, 0.3) is 0 Å². The molecular formula is C26H32ClN3O4. The summed E-state index contributed by atoms with van der Waals surface area (Å²) >= 11 is 5.94. The molecule has 1 aromatic heterocycles. The molecule has 1 saturated heterocycles. The van der Waals surface area contributed by atoms with Crippen LogP contribution in [0.1, 0.15) is 17.0 Å². The summed E-state index contributed by atoms with van der Waals surface area (Å²) in [5.74, 6) is 1.49. The van der Waals surface area contributed by atoms with Crippen LogP contribution >= 0.6 is 11.6 Å². The lowest BCUT2D eigenvalue weighted by molar-refractivity contribution is -0.0646. The predicted octanol–water partition coefficient (Wildman–Crippen LogP) is 3.87. The SMILES string of the molecule is Cc1cc(C)n(CCOc2cccc(CN3CCOCC(O)(COc4ccc(Cl)cc4)C3)c2)n1. The van der Waals surface area contributed by atoms with E-state index >= 15 is 0 Å². The van der Waals surface area contributed by atoms with E-state index in [1.165, 1.54) is 0 Å². The first-order chi connectivity index (χ1) is 16.4. The third-order valence-corrected chi connectivity index (χ3v) is 5.99. The Kier molecular flexibility index (Phi) is 8.11. The van der Waals surface area contributed by atoms with Crippen molar-refractivity contribution in [3.63, 3.8) is 0 Å². The standard InChI is InChI=1S/C26H32ClN3O4/c1-20-14-21(2)30(28-20)11-13-33-25-5-3-4-22(15-25)16-29-10-12-32-18-26(31,17-29)19-34-24-8-6-23(27)7-9-24/h3-9,14-15,31H,10-13,16-19H2,1-2H3. The van der Waals surface area contributed by atoms with Gasteiger partial charge in [0.1, 0.15) is 30.3 Å². The highest BCUT2D eigenvalue weighted by atomic mass is 35.5. The number of aryl methyl sites for hydroxylation is 2. The number of aromatic nitrogens is 2. The summed E-state index contributed by atoms with van der Waals surface area (Å²) in [7, 11) is 0. The number of hydrogen-bond acceptors (Lipinski definition) is 6. The maximum Gasteiger partial charge on any atom is 0.134 e. The molecular weight excluding hydrogens is 454 g/mol. The molecule has 1 aliphatic heterocycles. The number of nitrogens with zero attached hydrogens (tertiary/aromatic N) is 3. The molecule has 0 spiro atoms. The maximum absolute atomic E-state index is 11.2. The minimum Gasteiger partial charge on any atom is -0.492 e. The van der Waals surface area contributed by atoms with Crippen LogP contribution < -0.4 is 9.47 Å². The van der Waals surface area contributed by atoms with Crippen LogP contribution in [0.4, 0.5) is 0 Å². The Labute approximate surface area is 205 Å². The van der Waals surface area contributed by atoms with Crippen molar-refractivity contribution >= 4 is 11.6 Å². The first-order valence-corrected chi connectivity index (χ1v) is 11.9. The molecule has 0 aliphatic carbocycles. The second-order valence-electron chi connectivity index (χ2n) is 8.88. The number of aliphatic hydroxyl groups is 1. The summed E-state index contributed by atoms with van der Waals surface area (Å²) in [5.41, 5.74) is 2.15. The molecule has 2 heterocycles. The predicted molar refractivity (Wildman–Crippen MR) is 132 cm³/mol. The molecule has 7 nitrogen and oxygen atoms in total. The molecule has 1 N–H and O–H groups in total. The zero-order valence-corrected chi connectivity index (χ0v) is 20.5. The van der Waals surface area contributed by atoms with Crippen molar-refractivity contribution in [1.29, 1.82) is 0 Å². The Morgan fingerprint density at radius 1 is 1.09 bits per heavy atom. The van der Waals surface area contributed by atoms with E-state index in [9.17, 15) is 5.11 Å². The van der Waals surface area contributed by atoms with Gasteiger partial charge in [-0.1, -0.05) is 23.7 Å². The van der Waals surface area contributed by atoms with Crippen LogP contribution in [0.3, 0.4) is 0 Å². The Morgan fingerprint density at radius 2 is 1.91 bits per heavy atom. The minimum atomic E-state index is -1.11. The van der Waals surface area contributed by atoms with Gasteiger partial charge in [0.15, 0.2) is 0 Å². The summed E-state index contributed by atoms with van der Waals surface area (Å²) in [6, 6.07) is 17.3. The fraction of sp³-hybridized carbons (Fsp3) is 0.423. The molecule has 8 heteroatoms. The molecule has 0 saturated carbocycles. The molecule has 0 radical (unpaired) electrons. The summed E-state index contributed by atoms with van der Waals surface area (Å²) in [5, 5.41) is 16.3. The van der Waals surface area contributed by atoms with Gasteiger partial charge in [-0.25, -0.2) is 0 Å². The lowest BCUT2D eigenvalue weighted by atomic mass is 10.1. The molecule has 182 valence electrons. The average molecular weight is 486 g/mol. The van der Waals surface area contributed by atoms with E-state index in [4.69, 9.17) is 25.8 Å². The highest BCUT2D eigenvalue weighted by molar-refractivity contribution is 6.30. The van der Waals surface area contributed by atoms with Crippen molar-refractivity contribution in [3.8, 4) is 11.5 Å². The normalized spacial score (nSPS) is 19.1. The van der Waals surface area contributed by atoms with Gasteiger partial charge in [0, 0.05) is 30.4 Å². The highest BCUT2D eigenvalue weighted by Crippen LogP contribution is 2.21. The van der Waals surface area contributed by atoms with Gasteiger partial charge in [-0.15, -0.1) is 0 Å². The molecule has 0 amide bonds. The van der Waals surface area contributed by atoms with E-state index in [-0.39, 0.29) is 13.2 Å². The number of β-amino-alcohol motifs (C(OH)–C–C–N with tert-alkyl or cyclic N) is 1. The van der Waals surface area contributed by atoms with E-state index < -0.39 is 5.60 Å². The molecule has 2 aromatic carbocycles. The lowest BCUT2D eigenvalue weighted by Crippen LogP contribution is -2.48. The van der Waals surface area contributed by atoms with Crippen molar-refractivity contribution in [2.24, 2.45) is 0 Å². The van der Waals surface area contributed by atoms with Crippen LogP contribution in [0.5, 0.6) is 11.5 Å². The topological polar surface area (TPSA) is 69.0 Å². The molecule has 34 heavy (non-hydrogen) atoms. The fourth-order valence-corrected chi connectivity index (χ4v) is 4.24. The van der Waals surface area contributed by atoms with E-state index in [1.54, 1.807) is 24.3 Å². The van der Waals surface area contributed by atoms with Crippen LogP contribution in [0, 0.1) is 13.8 Å². The van der Waals surface area contributed by atoms with Crippen molar-refractivity contribution in [3.05, 3.63) is 76.6 Å². The van der Waals surface area contributed by atoms with Crippen LogP contribution in [0.15, 0.2) is 54.6 Å². The van der Waals surface area contributed by atoms with Crippen LogP contribution in [-0.4, -0.2) is 64.9 Å². The molecule has 1 atom stereocenters. The second-order valence-corrected chi connectivity index (χ2v) is 9.31. The zero-order valence-electron chi connectivity index (χ0n) is 19.7. The number of ether oxygens (including phenoxy) is 3. The molecule has 4 rings (SSSR count). The molecule has 1 aliphatic rings. The van der Waals surface area contributed by atoms with Crippen molar-refractivity contribution in [2.75, 3.05) is 39.5 Å². The Balaban J connectivity index is 1.31. The Morgan fingerprint density at radius 3 is 2.68 bits per heavy atom. The summed E-state index contributed by atoms with van der Waals surface area (Å²) < 4.78 is 19.5. The number of halogens is 1. The second kappa shape index (κ2) is 11.2. The van der Waals surface area contributed by atoms with Gasteiger partial charge < -0.3 is 19.3 Å². The molecule has 3 aromatic rings. The number of benzene rings is 2. The third kappa shape index (κ3) is 6.96. The van der Waals surface area contributed by atoms with Crippen molar-refractivity contribution in [2.45, 2.75) is 32.5 Å². The van der Waals surface area contributed by atoms with E-state index in [1.807, 2.05) is 30.7 Å². The maximum atomic E-state index is 11.2. The highest BCUT2D eigenvalue weighted by Gasteiger charge is 2.33. The summed E-state index contributed by atoms with van der Waals surface area (Å²) in [6.45, 7) is 8.07.